The molecule has 0 unspecified atom stereocenters. The number of aliphatic imine (C=N–C) groups is 1. The van der Waals surface area contributed by atoms with Crippen LogP contribution in [0.3, 0.4) is 0 Å². The van der Waals surface area contributed by atoms with E-state index in [1.165, 1.54) is 32.1 Å². The van der Waals surface area contributed by atoms with Crippen LogP contribution in [0.15, 0.2) is 4.99 Å². The van der Waals surface area contributed by atoms with Crippen LogP contribution in [0, 0.1) is 0 Å². The molecule has 0 saturated heterocycles. The molecule has 4 nitrogen and oxygen atoms in total. The highest BCUT2D eigenvalue weighted by molar-refractivity contribution is 5.79. The fraction of sp³-hybridized carbons (Fsp3) is 0.909. The first-order chi connectivity index (χ1) is 7.33. The number of nitrogens with zero attached hydrogens (tertiary/aromatic N) is 2. The highest BCUT2D eigenvalue weighted by Gasteiger charge is 2.21. The van der Waals surface area contributed by atoms with Gasteiger partial charge in [-0.25, -0.2) is 5.84 Å². The molecule has 0 amide bonds. The van der Waals surface area contributed by atoms with Gasteiger partial charge >= 0.3 is 0 Å². The summed E-state index contributed by atoms with van der Waals surface area (Å²) in [4.78, 5) is 6.70. The van der Waals surface area contributed by atoms with Crippen molar-refractivity contribution in [2.24, 2.45) is 10.8 Å². The van der Waals surface area contributed by atoms with Gasteiger partial charge in [-0.3, -0.25) is 10.4 Å². The molecular weight excluding hydrogens is 188 g/mol. The molecule has 1 fully saturated rings. The molecule has 0 spiro atoms. The average Bonchev–Trinajstić information content (AvgIpc) is 2.30. The normalized spacial score (nSPS) is 19.0. The number of rotatable bonds is 3. The van der Waals surface area contributed by atoms with Crippen molar-refractivity contribution in [1.82, 2.24) is 10.3 Å². The molecule has 0 aliphatic heterocycles. The molecule has 0 atom stereocenters. The summed E-state index contributed by atoms with van der Waals surface area (Å²) < 4.78 is 0. The number of nitrogens with one attached hydrogen (secondary N) is 1. The standard InChI is InChI=1S/C11H24N4/c1-3-13-11(14-12)15(4-2)10-8-6-5-7-9-10/h10H,3-9,12H2,1-2H3,(H,13,14). The number of hydrogen-bond donors (Lipinski definition) is 2. The van der Waals surface area contributed by atoms with Crippen molar-refractivity contribution in [2.45, 2.75) is 52.0 Å². The molecule has 0 aromatic carbocycles. The maximum Gasteiger partial charge on any atom is 0.208 e. The topological polar surface area (TPSA) is 53.6 Å². The molecule has 3 N–H and O–H groups in total. The molecule has 0 heterocycles. The first-order valence-electron chi connectivity index (χ1n) is 6.11. The smallest absolute Gasteiger partial charge is 0.208 e. The molecule has 15 heavy (non-hydrogen) atoms. The summed E-state index contributed by atoms with van der Waals surface area (Å²) in [5.74, 6) is 6.37. The minimum Gasteiger partial charge on any atom is -0.339 e. The van der Waals surface area contributed by atoms with Crippen molar-refractivity contribution in [3.63, 3.8) is 0 Å². The molecule has 0 aromatic rings. The van der Waals surface area contributed by atoms with E-state index in [-0.39, 0.29) is 0 Å². The second kappa shape index (κ2) is 6.67. The summed E-state index contributed by atoms with van der Waals surface area (Å²) in [5.41, 5.74) is 2.73. The predicted octanol–water partition coefficient (Wildman–Crippen LogP) is 1.48. The Morgan fingerprint density at radius 2 is 2.00 bits per heavy atom. The first-order valence-corrected chi connectivity index (χ1v) is 6.11. The van der Waals surface area contributed by atoms with Crippen LogP contribution < -0.4 is 11.3 Å². The van der Waals surface area contributed by atoms with Gasteiger partial charge in [-0.2, -0.15) is 0 Å². The van der Waals surface area contributed by atoms with E-state index in [2.05, 4.69) is 22.2 Å². The van der Waals surface area contributed by atoms with Crippen LogP contribution in [0.1, 0.15) is 46.0 Å². The Morgan fingerprint density at radius 1 is 1.33 bits per heavy atom. The number of hydrogen-bond acceptors (Lipinski definition) is 2. The molecule has 0 radical (unpaired) electrons. The number of guanidine groups is 1. The molecule has 88 valence electrons. The monoisotopic (exact) mass is 212 g/mol. The van der Waals surface area contributed by atoms with E-state index in [0.717, 1.165) is 19.0 Å². The van der Waals surface area contributed by atoms with E-state index in [1.807, 2.05) is 6.92 Å². The SMILES string of the molecule is CCN=C(NN)N(CC)C1CCCCC1. The highest BCUT2D eigenvalue weighted by Crippen LogP contribution is 2.22. The summed E-state index contributed by atoms with van der Waals surface area (Å²) in [5, 5.41) is 0. The molecule has 1 rings (SSSR count). The van der Waals surface area contributed by atoms with Crippen LogP contribution in [0.4, 0.5) is 0 Å². The third-order valence-corrected chi connectivity index (χ3v) is 3.07. The maximum atomic E-state index is 5.52. The van der Waals surface area contributed by atoms with Crippen LogP contribution in [0.2, 0.25) is 0 Å². The van der Waals surface area contributed by atoms with E-state index in [0.29, 0.717) is 6.04 Å². The van der Waals surface area contributed by atoms with Crippen molar-refractivity contribution < 1.29 is 0 Å². The molecule has 1 aliphatic rings. The fourth-order valence-electron chi connectivity index (χ4n) is 2.34. The Labute approximate surface area is 92.9 Å². The third kappa shape index (κ3) is 3.38. The largest absolute Gasteiger partial charge is 0.339 e. The van der Waals surface area contributed by atoms with Crippen LogP contribution in [0.25, 0.3) is 0 Å². The summed E-state index contributed by atoms with van der Waals surface area (Å²) in [6, 6.07) is 0.630. The van der Waals surface area contributed by atoms with Gasteiger partial charge in [0.2, 0.25) is 5.96 Å². The second-order valence-corrected chi connectivity index (χ2v) is 4.02. The summed E-state index contributed by atoms with van der Waals surface area (Å²) in [6.45, 7) is 5.96. The first kappa shape index (κ1) is 12.3. The van der Waals surface area contributed by atoms with Gasteiger partial charge < -0.3 is 4.90 Å². The highest BCUT2D eigenvalue weighted by atomic mass is 15.4. The number of nitrogens with two attached hydrogens (primary N) is 1. The van der Waals surface area contributed by atoms with Crippen molar-refractivity contribution >= 4 is 5.96 Å². The van der Waals surface area contributed by atoms with Crippen molar-refractivity contribution in [2.75, 3.05) is 13.1 Å². The Morgan fingerprint density at radius 3 is 2.47 bits per heavy atom. The summed E-state index contributed by atoms with van der Waals surface area (Å²) in [6.07, 6.45) is 6.61. The lowest BCUT2D eigenvalue weighted by molar-refractivity contribution is 0.245. The van der Waals surface area contributed by atoms with Gasteiger partial charge in [0.1, 0.15) is 0 Å². The number of hydrazine groups is 1. The quantitative estimate of drug-likeness (QED) is 0.322. The minimum absolute atomic E-state index is 0.630. The zero-order valence-corrected chi connectivity index (χ0v) is 10.00. The van der Waals surface area contributed by atoms with E-state index in [9.17, 15) is 0 Å². The molecule has 1 saturated carbocycles. The molecular formula is C11H24N4. The lowest BCUT2D eigenvalue weighted by atomic mass is 9.94. The van der Waals surface area contributed by atoms with Gasteiger partial charge in [0.05, 0.1) is 0 Å². The van der Waals surface area contributed by atoms with E-state index >= 15 is 0 Å². The molecule has 4 heteroatoms. The average molecular weight is 212 g/mol. The summed E-state index contributed by atoms with van der Waals surface area (Å²) in [7, 11) is 0. The molecule has 0 bridgehead atoms. The van der Waals surface area contributed by atoms with E-state index in [1.54, 1.807) is 0 Å². The Balaban J connectivity index is 2.62. The minimum atomic E-state index is 0.630. The van der Waals surface area contributed by atoms with Crippen LogP contribution in [-0.2, 0) is 0 Å². The van der Waals surface area contributed by atoms with Crippen LogP contribution >= 0.6 is 0 Å². The van der Waals surface area contributed by atoms with Gasteiger partial charge in [0.25, 0.3) is 0 Å². The van der Waals surface area contributed by atoms with Gasteiger partial charge in [-0.1, -0.05) is 19.3 Å². The predicted molar refractivity (Wildman–Crippen MR) is 64.6 cm³/mol. The second-order valence-electron chi connectivity index (χ2n) is 4.02. The fourth-order valence-corrected chi connectivity index (χ4v) is 2.34. The van der Waals surface area contributed by atoms with E-state index in [4.69, 9.17) is 5.84 Å². The van der Waals surface area contributed by atoms with Crippen LogP contribution in [-0.4, -0.2) is 30.0 Å². The maximum absolute atomic E-state index is 5.52. The van der Waals surface area contributed by atoms with Crippen molar-refractivity contribution in [3.8, 4) is 0 Å². The van der Waals surface area contributed by atoms with Gasteiger partial charge in [0.15, 0.2) is 0 Å². The lowest BCUT2D eigenvalue weighted by Gasteiger charge is -2.35. The zero-order chi connectivity index (χ0) is 11.1. The lowest BCUT2D eigenvalue weighted by Crippen LogP contribution is -2.50. The third-order valence-electron chi connectivity index (χ3n) is 3.07. The molecule has 1 aliphatic carbocycles. The van der Waals surface area contributed by atoms with Gasteiger partial charge in [0, 0.05) is 19.1 Å². The van der Waals surface area contributed by atoms with Crippen molar-refractivity contribution in [1.29, 1.82) is 0 Å². The Bertz CT molecular complexity index is 197. The van der Waals surface area contributed by atoms with Crippen LogP contribution in [0.5, 0.6) is 0 Å². The zero-order valence-electron chi connectivity index (χ0n) is 10.00. The van der Waals surface area contributed by atoms with Crippen molar-refractivity contribution in [3.05, 3.63) is 0 Å². The van der Waals surface area contributed by atoms with Gasteiger partial charge in [-0.15, -0.1) is 0 Å². The summed E-state index contributed by atoms with van der Waals surface area (Å²) >= 11 is 0. The Kier molecular flexibility index (Phi) is 5.47. The molecule has 0 aromatic heterocycles. The van der Waals surface area contributed by atoms with E-state index < -0.39 is 0 Å². The Hall–Kier alpha value is -0.770. The van der Waals surface area contributed by atoms with Gasteiger partial charge in [-0.05, 0) is 26.7 Å².